The summed E-state index contributed by atoms with van der Waals surface area (Å²) in [5.41, 5.74) is 9.17. The number of amides is 2. The van der Waals surface area contributed by atoms with Crippen LogP contribution in [0, 0.1) is 0 Å². The molecule has 0 bridgehead atoms. The van der Waals surface area contributed by atoms with Crippen molar-refractivity contribution < 1.29 is 9.59 Å². The zero-order valence-electron chi connectivity index (χ0n) is 13.3. The first-order valence-corrected chi connectivity index (χ1v) is 8.42. The number of primary amides is 1. The van der Waals surface area contributed by atoms with Crippen LogP contribution in [0.5, 0.6) is 0 Å². The average Bonchev–Trinajstić information content (AvgIpc) is 3.18. The van der Waals surface area contributed by atoms with Crippen molar-refractivity contribution in [1.29, 1.82) is 0 Å². The summed E-state index contributed by atoms with van der Waals surface area (Å²) in [6.07, 6.45) is 1.95. The molecule has 0 saturated carbocycles. The van der Waals surface area contributed by atoms with Crippen molar-refractivity contribution >= 4 is 38.3 Å². The van der Waals surface area contributed by atoms with E-state index in [1.165, 1.54) is 11.3 Å². The SMILES string of the molecule is CNC(=O)c1ccc(-c2cn3c(n2)sc2cc(C(N)=O)ccc23)cc1. The van der Waals surface area contributed by atoms with Crippen molar-refractivity contribution in [3.63, 3.8) is 0 Å². The molecule has 0 aliphatic heterocycles. The van der Waals surface area contributed by atoms with Crippen molar-refractivity contribution in [2.75, 3.05) is 7.05 Å². The summed E-state index contributed by atoms with van der Waals surface area (Å²) in [6, 6.07) is 12.7. The Bertz CT molecular complexity index is 1130. The number of benzene rings is 2. The molecule has 2 aromatic heterocycles. The van der Waals surface area contributed by atoms with Crippen LogP contribution in [0.15, 0.2) is 48.7 Å². The summed E-state index contributed by atoms with van der Waals surface area (Å²) in [6.45, 7) is 0. The van der Waals surface area contributed by atoms with Gasteiger partial charge in [0.1, 0.15) is 0 Å². The number of rotatable bonds is 3. The van der Waals surface area contributed by atoms with Crippen molar-refractivity contribution in [2.45, 2.75) is 0 Å². The van der Waals surface area contributed by atoms with Crippen molar-refractivity contribution in [1.82, 2.24) is 14.7 Å². The molecule has 25 heavy (non-hydrogen) atoms. The topological polar surface area (TPSA) is 89.5 Å². The van der Waals surface area contributed by atoms with Gasteiger partial charge in [-0.25, -0.2) is 4.98 Å². The van der Waals surface area contributed by atoms with E-state index in [2.05, 4.69) is 10.3 Å². The average molecular weight is 350 g/mol. The normalized spacial score (nSPS) is 11.1. The van der Waals surface area contributed by atoms with E-state index in [0.717, 1.165) is 26.4 Å². The number of thiazole rings is 1. The van der Waals surface area contributed by atoms with Gasteiger partial charge < -0.3 is 11.1 Å². The number of nitrogens with zero attached hydrogens (tertiary/aromatic N) is 2. The molecule has 0 aliphatic rings. The molecule has 7 heteroatoms. The van der Waals surface area contributed by atoms with E-state index in [1.807, 2.05) is 28.8 Å². The van der Waals surface area contributed by atoms with Crippen LogP contribution >= 0.6 is 11.3 Å². The molecule has 0 unspecified atom stereocenters. The first-order valence-electron chi connectivity index (χ1n) is 7.61. The molecule has 0 spiro atoms. The largest absolute Gasteiger partial charge is 0.366 e. The molecule has 124 valence electrons. The molecular formula is C18H14N4O2S. The number of carbonyl (C=O) groups excluding carboxylic acids is 2. The third-order valence-corrected chi connectivity index (χ3v) is 5.07. The van der Waals surface area contributed by atoms with Gasteiger partial charge in [0.25, 0.3) is 5.91 Å². The lowest BCUT2D eigenvalue weighted by atomic mass is 10.1. The molecule has 4 rings (SSSR count). The van der Waals surface area contributed by atoms with E-state index in [9.17, 15) is 9.59 Å². The lowest BCUT2D eigenvalue weighted by Gasteiger charge is -2.01. The van der Waals surface area contributed by atoms with E-state index >= 15 is 0 Å². The minimum atomic E-state index is -0.440. The van der Waals surface area contributed by atoms with Crippen molar-refractivity contribution in [3.05, 3.63) is 59.8 Å². The molecule has 2 heterocycles. The Balaban J connectivity index is 1.76. The minimum absolute atomic E-state index is 0.117. The highest BCUT2D eigenvalue weighted by Crippen LogP contribution is 2.30. The van der Waals surface area contributed by atoms with Crippen LogP contribution in [0.25, 0.3) is 26.4 Å². The van der Waals surface area contributed by atoms with E-state index < -0.39 is 5.91 Å². The zero-order valence-corrected chi connectivity index (χ0v) is 14.1. The summed E-state index contributed by atoms with van der Waals surface area (Å²) in [7, 11) is 1.61. The number of aromatic nitrogens is 2. The van der Waals surface area contributed by atoms with Gasteiger partial charge in [-0.2, -0.15) is 0 Å². The van der Waals surface area contributed by atoms with Crippen LogP contribution in [0.3, 0.4) is 0 Å². The molecule has 0 fully saturated rings. The first kappa shape index (κ1) is 15.3. The van der Waals surface area contributed by atoms with Gasteiger partial charge in [-0.1, -0.05) is 23.5 Å². The summed E-state index contributed by atoms with van der Waals surface area (Å²) < 4.78 is 2.95. The third kappa shape index (κ3) is 2.54. The van der Waals surface area contributed by atoms with Crippen LogP contribution < -0.4 is 11.1 Å². The van der Waals surface area contributed by atoms with Crippen molar-refractivity contribution in [2.24, 2.45) is 5.73 Å². The fourth-order valence-corrected chi connectivity index (χ4v) is 3.78. The van der Waals surface area contributed by atoms with Gasteiger partial charge in [0.2, 0.25) is 5.91 Å². The molecule has 3 N–H and O–H groups in total. The van der Waals surface area contributed by atoms with Gasteiger partial charge in [-0.3, -0.25) is 14.0 Å². The molecular weight excluding hydrogens is 336 g/mol. The van der Waals surface area contributed by atoms with Crippen LogP contribution in [0.1, 0.15) is 20.7 Å². The second-order valence-corrected chi connectivity index (χ2v) is 6.59. The number of hydrogen-bond donors (Lipinski definition) is 2. The molecule has 2 amide bonds. The molecule has 2 aromatic carbocycles. The Kier molecular flexibility index (Phi) is 3.51. The third-order valence-electron chi connectivity index (χ3n) is 4.05. The number of nitrogens with two attached hydrogens (primary N) is 1. The van der Waals surface area contributed by atoms with Gasteiger partial charge >= 0.3 is 0 Å². The fraction of sp³-hybridized carbons (Fsp3) is 0.0556. The van der Waals surface area contributed by atoms with Gasteiger partial charge in [-0.15, -0.1) is 0 Å². The number of hydrogen-bond acceptors (Lipinski definition) is 4. The van der Waals surface area contributed by atoms with Crippen LogP contribution in [-0.2, 0) is 0 Å². The molecule has 6 nitrogen and oxygen atoms in total. The summed E-state index contributed by atoms with van der Waals surface area (Å²) in [5.74, 6) is -0.557. The van der Waals surface area contributed by atoms with Gasteiger partial charge in [0, 0.05) is 29.9 Å². The predicted octanol–water partition coefficient (Wildman–Crippen LogP) is 2.67. The van der Waals surface area contributed by atoms with E-state index in [4.69, 9.17) is 5.73 Å². The predicted molar refractivity (Wildman–Crippen MR) is 97.9 cm³/mol. The Hall–Kier alpha value is -3.19. The minimum Gasteiger partial charge on any atom is -0.366 e. The molecule has 4 aromatic rings. The smallest absolute Gasteiger partial charge is 0.251 e. The van der Waals surface area contributed by atoms with E-state index in [0.29, 0.717) is 11.1 Å². The standard InChI is InChI=1S/C18H14N4O2S/c1-20-17(24)11-4-2-10(3-5-11)13-9-22-14-7-6-12(16(19)23)8-15(14)25-18(22)21-13/h2-9H,1H3,(H2,19,23)(H,20,24). The zero-order chi connectivity index (χ0) is 17.6. The summed E-state index contributed by atoms with van der Waals surface area (Å²) >= 11 is 1.50. The highest BCUT2D eigenvalue weighted by atomic mass is 32.1. The monoisotopic (exact) mass is 350 g/mol. The highest BCUT2D eigenvalue weighted by molar-refractivity contribution is 7.23. The van der Waals surface area contributed by atoms with E-state index in [1.54, 1.807) is 31.3 Å². The maximum Gasteiger partial charge on any atom is 0.251 e. The second-order valence-electron chi connectivity index (χ2n) is 5.58. The number of nitrogens with one attached hydrogen (secondary N) is 1. The number of carbonyl (C=O) groups is 2. The Morgan fingerprint density at radius 3 is 2.52 bits per heavy atom. The number of imidazole rings is 1. The lowest BCUT2D eigenvalue weighted by molar-refractivity contribution is 0.0961. The second kappa shape index (κ2) is 5.71. The highest BCUT2D eigenvalue weighted by Gasteiger charge is 2.12. The summed E-state index contributed by atoms with van der Waals surface area (Å²) in [5, 5.41) is 2.60. The van der Waals surface area contributed by atoms with E-state index in [-0.39, 0.29) is 5.91 Å². The van der Waals surface area contributed by atoms with Gasteiger partial charge in [0.05, 0.1) is 15.9 Å². The quantitative estimate of drug-likeness (QED) is 0.595. The van der Waals surface area contributed by atoms with Crippen LogP contribution in [0.4, 0.5) is 0 Å². The summed E-state index contributed by atoms with van der Waals surface area (Å²) in [4.78, 5) is 28.4. The van der Waals surface area contributed by atoms with Gasteiger partial charge in [0.15, 0.2) is 4.96 Å². The fourth-order valence-electron chi connectivity index (χ4n) is 2.73. The van der Waals surface area contributed by atoms with Crippen LogP contribution in [0.2, 0.25) is 0 Å². The molecule has 0 radical (unpaired) electrons. The Morgan fingerprint density at radius 1 is 1.12 bits per heavy atom. The maximum absolute atomic E-state index is 11.6. The first-order chi connectivity index (χ1) is 12.1. The Labute approximate surface area is 146 Å². The lowest BCUT2D eigenvalue weighted by Crippen LogP contribution is -2.17. The molecule has 0 aliphatic carbocycles. The van der Waals surface area contributed by atoms with Crippen LogP contribution in [-0.4, -0.2) is 28.2 Å². The van der Waals surface area contributed by atoms with Crippen molar-refractivity contribution in [3.8, 4) is 11.3 Å². The number of fused-ring (bicyclic) bond motifs is 3. The van der Waals surface area contributed by atoms with Gasteiger partial charge in [-0.05, 0) is 30.3 Å². The molecule has 0 saturated heterocycles. The maximum atomic E-state index is 11.6. The molecule has 0 atom stereocenters. The Morgan fingerprint density at radius 2 is 1.84 bits per heavy atom.